The van der Waals surface area contributed by atoms with Gasteiger partial charge in [0.05, 0.1) is 17.0 Å². The van der Waals surface area contributed by atoms with Gasteiger partial charge in [-0.2, -0.15) is 5.26 Å². The summed E-state index contributed by atoms with van der Waals surface area (Å²) >= 11 is 0. The Hall–Kier alpha value is -3.13. The summed E-state index contributed by atoms with van der Waals surface area (Å²) in [5.74, 6) is 0.226. The average molecular weight is 359 g/mol. The fourth-order valence-electron chi connectivity index (χ4n) is 4.40. The third kappa shape index (κ3) is 2.97. The lowest BCUT2D eigenvalue weighted by Gasteiger charge is -2.41. The number of rotatable bonds is 2. The van der Waals surface area contributed by atoms with Crippen LogP contribution in [0.15, 0.2) is 54.6 Å². The Morgan fingerprint density at radius 1 is 1.07 bits per heavy atom. The molecule has 2 amide bonds. The van der Waals surface area contributed by atoms with Gasteiger partial charge in [-0.3, -0.25) is 9.59 Å². The standard InChI is InChI=1S/C22H21N3O2/c23-14-16-6-8-18(9-7-16)20(26)25-12-10-22(11-13-25)19(15-24-21(22)27)17-4-2-1-3-5-17/h1-9,19H,10-13,15H2,(H,24,27). The molecule has 1 unspecified atom stereocenters. The normalized spacial score (nSPS) is 20.9. The van der Waals surface area contributed by atoms with Gasteiger partial charge in [-0.05, 0) is 42.7 Å². The molecule has 2 aliphatic heterocycles. The van der Waals surface area contributed by atoms with Crippen LogP contribution in [0.1, 0.15) is 40.2 Å². The molecule has 0 aliphatic carbocycles. The molecule has 0 radical (unpaired) electrons. The van der Waals surface area contributed by atoms with Gasteiger partial charge in [-0.15, -0.1) is 0 Å². The molecule has 136 valence electrons. The van der Waals surface area contributed by atoms with Crippen molar-refractivity contribution in [2.75, 3.05) is 19.6 Å². The minimum atomic E-state index is -0.428. The van der Waals surface area contributed by atoms with Crippen LogP contribution in [0.25, 0.3) is 0 Å². The molecule has 0 bridgehead atoms. The summed E-state index contributed by atoms with van der Waals surface area (Å²) in [7, 11) is 0. The smallest absolute Gasteiger partial charge is 0.253 e. The number of amides is 2. The van der Waals surface area contributed by atoms with Crippen LogP contribution < -0.4 is 5.32 Å². The van der Waals surface area contributed by atoms with Crippen LogP contribution in [0.5, 0.6) is 0 Å². The van der Waals surface area contributed by atoms with Gasteiger partial charge < -0.3 is 10.2 Å². The van der Waals surface area contributed by atoms with Crippen molar-refractivity contribution < 1.29 is 9.59 Å². The Kier molecular flexibility index (Phi) is 4.41. The minimum Gasteiger partial charge on any atom is -0.355 e. The number of piperidine rings is 1. The maximum Gasteiger partial charge on any atom is 0.253 e. The van der Waals surface area contributed by atoms with Gasteiger partial charge in [-0.1, -0.05) is 30.3 Å². The molecule has 0 saturated carbocycles. The van der Waals surface area contributed by atoms with E-state index in [2.05, 4.69) is 23.5 Å². The van der Waals surface area contributed by atoms with E-state index in [9.17, 15) is 9.59 Å². The molecule has 2 fully saturated rings. The van der Waals surface area contributed by atoms with E-state index in [0.717, 1.165) is 0 Å². The second-order valence-corrected chi connectivity index (χ2v) is 7.31. The van der Waals surface area contributed by atoms with Crippen LogP contribution in [0.3, 0.4) is 0 Å². The van der Waals surface area contributed by atoms with E-state index in [4.69, 9.17) is 5.26 Å². The first kappa shape index (κ1) is 17.3. The SMILES string of the molecule is N#Cc1ccc(C(=O)N2CCC3(CC2)C(=O)NCC3c2ccccc2)cc1. The Morgan fingerprint density at radius 2 is 1.74 bits per heavy atom. The Balaban J connectivity index is 1.51. The molecule has 1 atom stereocenters. The first-order valence-corrected chi connectivity index (χ1v) is 9.27. The summed E-state index contributed by atoms with van der Waals surface area (Å²) < 4.78 is 0. The number of nitrogens with one attached hydrogen (secondary N) is 1. The zero-order valence-electron chi connectivity index (χ0n) is 15.0. The number of carbonyl (C=O) groups is 2. The van der Waals surface area contributed by atoms with Crippen molar-refractivity contribution in [2.24, 2.45) is 5.41 Å². The molecule has 27 heavy (non-hydrogen) atoms. The van der Waals surface area contributed by atoms with Crippen LogP contribution in [0, 0.1) is 16.7 Å². The van der Waals surface area contributed by atoms with Crippen molar-refractivity contribution in [2.45, 2.75) is 18.8 Å². The molecule has 2 heterocycles. The van der Waals surface area contributed by atoms with Crippen molar-refractivity contribution in [3.63, 3.8) is 0 Å². The number of hydrogen-bond donors (Lipinski definition) is 1. The largest absolute Gasteiger partial charge is 0.355 e. The Labute approximate surface area is 158 Å². The van der Waals surface area contributed by atoms with Gasteiger partial charge in [0.25, 0.3) is 5.91 Å². The quantitative estimate of drug-likeness (QED) is 0.896. The molecule has 2 aromatic rings. The van der Waals surface area contributed by atoms with E-state index >= 15 is 0 Å². The zero-order valence-corrected chi connectivity index (χ0v) is 15.0. The predicted octanol–water partition coefficient (Wildman–Crippen LogP) is 2.69. The first-order valence-electron chi connectivity index (χ1n) is 9.27. The monoisotopic (exact) mass is 359 g/mol. The summed E-state index contributed by atoms with van der Waals surface area (Å²) in [5, 5.41) is 11.9. The van der Waals surface area contributed by atoms with Crippen LogP contribution >= 0.6 is 0 Å². The molecular weight excluding hydrogens is 338 g/mol. The van der Waals surface area contributed by atoms with Crippen molar-refractivity contribution in [3.05, 3.63) is 71.3 Å². The van der Waals surface area contributed by atoms with E-state index in [-0.39, 0.29) is 17.7 Å². The molecule has 4 rings (SSSR count). The van der Waals surface area contributed by atoms with Gasteiger partial charge in [0.2, 0.25) is 5.91 Å². The summed E-state index contributed by atoms with van der Waals surface area (Å²) in [4.78, 5) is 27.3. The van der Waals surface area contributed by atoms with Gasteiger partial charge in [0, 0.05) is 31.1 Å². The van der Waals surface area contributed by atoms with E-state index in [0.29, 0.717) is 43.6 Å². The molecule has 2 saturated heterocycles. The lowest BCUT2D eigenvalue weighted by molar-refractivity contribution is -0.130. The van der Waals surface area contributed by atoms with E-state index in [1.54, 1.807) is 24.3 Å². The molecule has 1 spiro atoms. The second-order valence-electron chi connectivity index (χ2n) is 7.31. The topological polar surface area (TPSA) is 73.2 Å². The van der Waals surface area contributed by atoms with Crippen LogP contribution in [-0.2, 0) is 4.79 Å². The second kappa shape index (κ2) is 6.88. The van der Waals surface area contributed by atoms with E-state index in [1.807, 2.05) is 23.1 Å². The number of hydrogen-bond acceptors (Lipinski definition) is 3. The molecule has 2 aliphatic rings. The first-order chi connectivity index (χ1) is 13.1. The van der Waals surface area contributed by atoms with Crippen LogP contribution in [0.2, 0.25) is 0 Å². The van der Waals surface area contributed by atoms with E-state index < -0.39 is 5.41 Å². The van der Waals surface area contributed by atoms with Gasteiger partial charge in [-0.25, -0.2) is 0 Å². The highest BCUT2D eigenvalue weighted by atomic mass is 16.2. The summed E-state index contributed by atoms with van der Waals surface area (Å²) in [6.07, 6.45) is 1.33. The zero-order chi connectivity index (χ0) is 18.9. The molecule has 2 aromatic carbocycles. The van der Waals surface area contributed by atoms with Crippen molar-refractivity contribution in [1.82, 2.24) is 10.2 Å². The van der Waals surface area contributed by atoms with Gasteiger partial charge in [0.15, 0.2) is 0 Å². The summed E-state index contributed by atoms with van der Waals surface area (Å²) in [6, 6.07) is 18.9. The van der Waals surface area contributed by atoms with Crippen molar-refractivity contribution in [3.8, 4) is 6.07 Å². The minimum absolute atomic E-state index is 0.0380. The molecule has 5 heteroatoms. The molecule has 0 aromatic heterocycles. The number of carbonyl (C=O) groups excluding carboxylic acids is 2. The molecule has 5 nitrogen and oxygen atoms in total. The van der Waals surface area contributed by atoms with Crippen LogP contribution in [-0.4, -0.2) is 36.3 Å². The highest BCUT2D eigenvalue weighted by molar-refractivity contribution is 5.95. The number of likely N-dealkylation sites (tertiary alicyclic amines) is 1. The van der Waals surface area contributed by atoms with Crippen molar-refractivity contribution in [1.29, 1.82) is 5.26 Å². The van der Waals surface area contributed by atoms with Gasteiger partial charge in [0.1, 0.15) is 0 Å². The fourth-order valence-corrected chi connectivity index (χ4v) is 4.40. The molecule has 1 N–H and O–H groups in total. The Bertz CT molecular complexity index is 891. The third-order valence-corrected chi connectivity index (χ3v) is 5.99. The summed E-state index contributed by atoms with van der Waals surface area (Å²) in [5.41, 5.74) is 1.88. The lowest BCUT2D eigenvalue weighted by Crippen LogP contribution is -2.47. The summed E-state index contributed by atoms with van der Waals surface area (Å²) in [6.45, 7) is 1.79. The highest BCUT2D eigenvalue weighted by Gasteiger charge is 2.52. The highest BCUT2D eigenvalue weighted by Crippen LogP contribution is 2.47. The number of benzene rings is 2. The maximum atomic E-state index is 12.8. The predicted molar refractivity (Wildman–Crippen MR) is 101 cm³/mol. The van der Waals surface area contributed by atoms with Gasteiger partial charge >= 0.3 is 0 Å². The van der Waals surface area contributed by atoms with Crippen molar-refractivity contribution >= 4 is 11.8 Å². The van der Waals surface area contributed by atoms with Crippen LogP contribution in [0.4, 0.5) is 0 Å². The number of nitrogens with zero attached hydrogens (tertiary/aromatic N) is 2. The Morgan fingerprint density at radius 3 is 2.37 bits per heavy atom. The fraction of sp³-hybridized carbons (Fsp3) is 0.318. The van der Waals surface area contributed by atoms with E-state index in [1.165, 1.54) is 5.56 Å². The maximum absolute atomic E-state index is 12.8. The third-order valence-electron chi connectivity index (χ3n) is 5.99. The molecular formula is C22H21N3O2. The lowest BCUT2D eigenvalue weighted by atomic mass is 9.68. The number of nitriles is 1. The average Bonchev–Trinajstić information content (AvgIpc) is 3.04.